The first-order valence-electron chi connectivity index (χ1n) is 6.73. The van der Waals surface area contributed by atoms with Crippen molar-refractivity contribution in [2.45, 2.75) is 31.3 Å². The second-order valence-corrected chi connectivity index (χ2v) is 6.77. The van der Waals surface area contributed by atoms with Gasteiger partial charge in [0, 0.05) is 40.9 Å². The van der Waals surface area contributed by atoms with Crippen molar-refractivity contribution in [3.05, 3.63) is 28.2 Å². The largest absolute Gasteiger partial charge is 0.389 e. The third-order valence-corrected chi connectivity index (χ3v) is 4.60. The fourth-order valence-corrected chi connectivity index (χ4v) is 3.29. The molecule has 0 amide bonds. The molecule has 102 valence electrons. The first-order valence-corrected chi connectivity index (χ1v) is 7.93. The third kappa shape index (κ3) is 3.09. The lowest BCUT2D eigenvalue weighted by Crippen LogP contribution is -2.28. The van der Waals surface area contributed by atoms with E-state index in [4.69, 9.17) is 18.0 Å². The Morgan fingerprint density at radius 2 is 2.16 bits per heavy atom. The average molecular weight is 340 g/mol. The zero-order valence-electron chi connectivity index (χ0n) is 10.7. The summed E-state index contributed by atoms with van der Waals surface area (Å²) in [4.78, 5) is 3.04. The predicted molar refractivity (Wildman–Crippen MR) is 86.7 cm³/mol. The van der Waals surface area contributed by atoms with E-state index in [0.29, 0.717) is 11.0 Å². The van der Waals surface area contributed by atoms with Crippen LogP contribution in [0.15, 0.2) is 22.7 Å². The number of nitrogens with two attached hydrogens (primary N) is 1. The lowest BCUT2D eigenvalue weighted by molar-refractivity contribution is 0.326. The molecule has 3 nitrogen and oxygen atoms in total. The molecule has 1 aliphatic heterocycles. The molecule has 19 heavy (non-hydrogen) atoms. The molecule has 0 spiro atoms. The van der Waals surface area contributed by atoms with Crippen LogP contribution in [0, 0.1) is 0 Å². The summed E-state index contributed by atoms with van der Waals surface area (Å²) >= 11 is 8.63. The van der Waals surface area contributed by atoms with Crippen LogP contribution in [0.1, 0.15) is 24.8 Å². The minimum Gasteiger partial charge on any atom is -0.389 e. The molecule has 3 rings (SSSR count). The van der Waals surface area contributed by atoms with Crippen LogP contribution >= 0.6 is 28.1 Å². The van der Waals surface area contributed by atoms with E-state index < -0.39 is 0 Å². The highest BCUT2D eigenvalue weighted by Gasteiger charge is 2.34. The van der Waals surface area contributed by atoms with E-state index >= 15 is 0 Å². The fourth-order valence-electron chi connectivity index (χ4n) is 2.75. The van der Waals surface area contributed by atoms with Gasteiger partial charge in [-0.25, -0.2) is 0 Å². The predicted octanol–water partition coefficient (Wildman–Crippen LogP) is 2.73. The number of rotatable bonds is 4. The van der Waals surface area contributed by atoms with Crippen LogP contribution in [0.5, 0.6) is 0 Å². The number of hydrogen-bond acceptors (Lipinski definition) is 3. The average Bonchev–Trinajstić information content (AvgIpc) is 3.10. The number of nitrogens with one attached hydrogen (secondary N) is 1. The fraction of sp³-hybridized carbons (Fsp3) is 0.500. The standard InChI is InChI=1S/C14H18BrN3S/c15-9-1-4-12(14(16)19)13(7-9)17-10-5-6-18(8-10)11-2-3-11/h1,4,7,10-11,17H,2-3,5-6,8H2,(H2,16,19). The number of likely N-dealkylation sites (tertiary alicyclic amines) is 1. The quantitative estimate of drug-likeness (QED) is 0.827. The van der Waals surface area contributed by atoms with Gasteiger partial charge >= 0.3 is 0 Å². The molecular weight excluding hydrogens is 322 g/mol. The summed E-state index contributed by atoms with van der Waals surface area (Å²) in [6, 6.07) is 7.37. The Balaban J connectivity index is 1.72. The minimum atomic E-state index is 0.451. The zero-order valence-corrected chi connectivity index (χ0v) is 13.1. The molecule has 2 aliphatic rings. The van der Waals surface area contributed by atoms with Crippen molar-refractivity contribution in [3.8, 4) is 0 Å². The Labute approximate surface area is 127 Å². The Morgan fingerprint density at radius 3 is 2.84 bits per heavy atom. The number of halogens is 1. The maximum atomic E-state index is 5.79. The van der Waals surface area contributed by atoms with Gasteiger partial charge in [-0.15, -0.1) is 0 Å². The summed E-state index contributed by atoms with van der Waals surface area (Å²) in [5.74, 6) is 0. The van der Waals surface area contributed by atoms with Crippen LogP contribution in [0.4, 0.5) is 5.69 Å². The highest BCUT2D eigenvalue weighted by Crippen LogP contribution is 2.31. The van der Waals surface area contributed by atoms with Gasteiger partial charge < -0.3 is 11.1 Å². The lowest BCUT2D eigenvalue weighted by atomic mass is 10.1. The molecule has 1 aromatic rings. The van der Waals surface area contributed by atoms with Crippen LogP contribution < -0.4 is 11.1 Å². The molecule has 1 heterocycles. The normalized spacial score (nSPS) is 23.5. The van der Waals surface area contributed by atoms with Gasteiger partial charge in [0.05, 0.1) is 0 Å². The van der Waals surface area contributed by atoms with E-state index in [9.17, 15) is 0 Å². The van der Waals surface area contributed by atoms with Gasteiger partial charge in [-0.1, -0.05) is 28.1 Å². The molecule has 1 saturated heterocycles. The van der Waals surface area contributed by atoms with Gasteiger partial charge in [-0.3, -0.25) is 4.90 Å². The van der Waals surface area contributed by atoms with Crippen molar-refractivity contribution < 1.29 is 0 Å². The van der Waals surface area contributed by atoms with Gasteiger partial charge in [0.1, 0.15) is 4.99 Å². The van der Waals surface area contributed by atoms with E-state index in [2.05, 4.69) is 32.2 Å². The van der Waals surface area contributed by atoms with E-state index in [1.165, 1.54) is 25.8 Å². The Hall–Kier alpha value is -0.650. The van der Waals surface area contributed by atoms with Gasteiger partial charge in [0.2, 0.25) is 0 Å². The van der Waals surface area contributed by atoms with E-state index in [0.717, 1.165) is 28.3 Å². The van der Waals surface area contributed by atoms with Gasteiger partial charge in [-0.2, -0.15) is 0 Å². The van der Waals surface area contributed by atoms with Crippen molar-refractivity contribution in [3.63, 3.8) is 0 Å². The van der Waals surface area contributed by atoms with Crippen LogP contribution in [0.25, 0.3) is 0 Å². The SMILES string of the molecule is NC(=S)c1ccc(Br)cc1NC1CCN(C2CC2)C1. The molecule has 0 aromatic heterocycles. The van der Waals surface area contributed by atoms with E-state index in [1.807, 2.05) is 12.1 Å². The summed E-state index contributed by atoms with van der Waals surface area (Å²) in [5, 5.41) is 3.61. The highest BCUT2D eigenvalue weighted by atomic mass is 79.9. The zero-order chi connectivity index (χ0) is 13.4. The van der Waals surface area contributed by atoms with Gasteiger partial charge in [0.25, 0.3) is 0 Å². The first-order chi connectivity index (χ1) is 9.13. The van der Waals surface area contributed by atoms with Crippen molar-refractivity contribution in [1.82, 2.24) is 4.90 Å². The molecule has 1 aromatic carbocycles. The molecule has 0 bridgehead atoms. The smallest absolute Gasteiger partial charge is 0.106 e. The van der Waals surface area contributed by atoms with Crippen molar-refractivity contribution in [1.29, 1.82) is 0 Å². The van der Waals surface area contributed by atoms with E-state index in [-0.39, 0.29) is 0 Å². The number of nitrogens with zero attached hydrogens (tertiary/aromatic N) is 1. The second kappa shape index (κ2) is 5.38. The van der Waals surface area contributed by atoms with Crippen molar-refractivity contribution in [2.75, 3.05) is 18.4 Å². The topological polar surface area (TPSA) is 41.3 Å². The molecule has 5 heteroatoms. The summed E-state index contributed by atoms with van der Waals surface area (Å²) in [6.07, 6.45) is 3.95. The molecule has 1 atom stereocenters. The molecule has 3 N–H and O–H groups in total. The molecular formula is C14H18BrN3S. The van der Waals surface area contributed by atoms with Gasteiger partial charge in [0.15, 0.2) is 0 Å². The lowest BCUT2D eigenvalue weighted by Gasteiger charge is -2.18. The molecule has 2 fully saturated rings. The first kappa shape index (κ1) is 13.3. The van der Waals surface area contributed by atoms with Crippen LogP contribution in [-0.4, -0.2) is 35.1 Å². The van der Waals surface area contributed by atoms with Gasteiger partial charge in [-0.05, 0) is 37.5 Å². The van der Waals surface area contributed by atoms with E-state index in [1.54, 1.807) is 0 Å². The van der Waals surface area contributed by atoms with Crippen LogP contribution in [-0.2, 0) is 0 Å². The third-order valence-electron chi connectivity index (χ3n) is 3.89. The highest BCUT2D eigenvalue weighted by molar-refractivity contribution is 9.10. The number of hydrogen-bond donors (Lipinski definition) is 2. The summed E-state index contributed by atoms with van der Waals surface area (Å²) in [7, 11) is 0. The maximum absolute atomic E-state index is 5.79. The van der Waals surface area contributed by atoms with Crippen LogP contribution in [0.2, 0.25) is 0 Å². The van der Waals surface area contributed by atoms with Crippen molar-refractivity contribution in [2.24, 2.45) is 5.73 Å². The number of thiocarbonyl (C=S) groups is 1. The summed E-state index contributed by atoms with van der Waals surface area (Å²) in [5.41, 5.74) is 7.77. The van der Waals surface area contributed by atoms with Crippen LogP contribution in [0.3, 0.4) is 0 Å². The number of benzene rings is 1. The monoisotopic (exact) mass is 339 g/mol. The molecule has 1 unspecified atom stereocenters. The Kier molecular flexibility index (Phi) is 3.78. The Morgan fingerprint density at radius 1 is 1.37 bits per heavy atom. The van der Waals surface area contributed by atoms with Crippen molar-refractivity contribution >= 4 is 38.8 Å². The second-order valence-electron chi connectivity index (χ2n) is 5.41. The Bertz CT molecular complexity index is 501. The summed E-state index contributed by atoms with van der Waals surface area (Å²) in [6.45, 7) is 2.34. The minimum absolute atomic E-state index is 0.451. The number of anilines is 1. The molecule has 0 radical (unpaired) electrons. The maximum Gasteiger partial charge on any atom is 0.106 e. The summed E-state index contributed by atoms with van der Waals surface area (Å²) < 4.78 is 1.05. The molecule has 1 aliphatic carbocycles. The molecule has 1 saturated carbocycles.